The molecule has 0 unspecified atom stereocenters. The van der Waals surface area contributed by atoms with E-state index in [1.165, 1.54) is 17.3 Å². The molecule has 0 N–H and O–H groups in total. The Morgan fingerprint density at radius 3 is 2.41 bits per heavy atom. The molecule has 1 saturated heterocycles. The molecule has 22 heavy (non-hydrogen) atoms. The maximum atomic E-state index is 12.7. The minimum atomic E-state index is -3.55. The molecule has 0 radical (unpaired) electrons. The van der Waals surface area contributed by atoms with Crippen LogP contribution in [0.3, 0.4) is 0 Å². The van der Waals surface area contributed by atoms with Crippen molar-refractivity contribution in [1.29, 1.82) is 0 Å². The molecule has 0 spiro atoms. The van der Waals surface area contributed by atoms with Gasteiger partial charge >= 0.3 is 0 Å². The Morgan fingerprint density at radius 1 is 1.27 bits per heavy atom. The molecule has 5 nitrogen and oxygen atoms in total. The largest absolute Gasteiger partial charge is 1.00 e. The summed E-state index contributed by atoms with van der Waals surface area (Å²) in [6, 6.07) is 6.28. The van der Waals surface area contributed by atoms with Crippen LogP contribution in [0.25, 0.3) is 0 Å². The molecule has 1 fully saturated rings. The van der Waals surface area contributed by atoms with Crippen molar-refractivity contribution in [1.82, 2.24) is 9.21 Å². The number of carbonyl (C=O) groups excluding carboxylic acids is 1. The van der Waals surface area contributed by atoms with Crippen molar-refractivity contribution >= 4 is 15.8 Å². The number of Topliss-reactive ketones (excluding diaryl/α,β-unsaturated/α-hetero) is 1. The highest BCUT2D eigenvalue weighted by Crippen LogP contribution is 2.23. The minimum Gasteiger partial charge on any atom is -1.00 e. The maximum Gasteiger partial charge on any atom is 0.243 e. The van der Waals surface area contributed by atoms with E-state index in [0.717, 1.165) is 25.9 Å². The zero-order valence-corrected chi connectivity index (χ0v) is 14.7. The van der Waals surface area contributed by atoms with Gasteiger partial charge in [0.15, 0.2) is 5.78 Å². The van der Waals surface area contributed by atoms with Gasteiger partial charge in [-0.2, -0.15) is 4.31 Å². The van der Waals surface area contributed by atoms with E-state index >= 15 is 0 Å². The van der Waals surface area contributed by atoms with Gasteiger partial charge in [-0.05, 0) is 52.0 Å². The van der Waals surface area contributed by atoms with Crippen LogP contribution in [0.2, 0.25) is 0 Å². The first-order valence-corrected chi connectivity index (χ1v) is 8.54. The molecule has 0 aliphatic carbocycles. The summed E-state index contributed by atoms with van der Waals surface area (Å²) in [6.07, 6.45) is 1.66. The Bertz CT molecular complexity index is 625. The molecule has 0 bridgehead atoms. The van der Waals surface area contributed by atoms with Crippen LogP contribution in [0.15, 0.2) is 29.2 Å². The summed E-state index contributed by atoms with van der Waals surface area (Å²) in [5, 5.41) is 0. The van der Waals surface area contributed by atoms with Crippen LogP contribution >= 0.6 is 0 Å². The van der Waals surface area contributed by atoms with Crippen LogP contribution in [-0.2, 0) is 10.0 Å². The molecular weight excluding hydrogens is 324 g/mol. The molecule has 1 aliphatic heterocycles. The number of piperidine rings is 1. The highest BCUT2D eigenvalue weighted by Gasteiger charge is 2.30. The van der Waals surface area contributed by atoms with Crippen LogP contribution in [0, 0.1) is 0 Å². The first-order valence-electron chi connectivity index (χ1n) is 7.10. The van der Waals surface area contributed by atoms with E-state index in [2.05, 4.69) is 4.90 Å². The van der Waals surface area contributed by atoms with E-state index in [0.29, 0.717) is 5.56 Å². The summed E-state index contributed by atoms with van der Waals surface area (Å²) < 4.78 is 26.8. The highest BCUT2D eigenvalue weighted by atomic mass is 35.5. The Morgan fingerprint density at radius 2 is 1.86 bits per heavy atom. The first kappa shape index (κ1) is 19.1. The lowest BCUT2D eigenvalue weighted by Gasteiger charge is -2.34. The second-order valence-corrected chi connectivity index (χ2v) is 7.64. The van der Waals surface area contributed by atoms with E-state index < -0.39 is 10.0 Å². The molecular formula is C15H22ClN2O3S-. The van der Waals surface area contributed by atoms with Crippen molar-refractivity contribution in [3.63, 3.8) is 0 Å². The van der Waals surface area contributed by atoms with Crippen LogP contribution < -0.4 is 12.4 Å². The Kier molecular flexibility index (Phi) is 6.55. The zero-order chi connectivity index (χ0) is 15.6. The zero-order valence-electron chi connectivity index (χ0n) is 13.1. The van der Waals surface area contributed by atoms with Crippen molar-refractivity contribution in [2.24, 2.45) is 0 Å². The standard InChI is InChI=1S/C15H22N2O3S.ClH/c1-12(18)13-5-4-6-15(11-13)21(19,20)17(3)14-7-9-16(2)10-8-14;/h4-6,11,14H,7-10H2,1-3H3;1H/p-1. The third-order valence-electron chi connectivity index (χ3n) is 4.12. The third kappa shape index (κ3) is 4.07. The van der Waals surface area contributed by atoms with Gasteiger partial charge in [-0.15, -0.1) is 0 Å². The van der Waals surface area contributed by atoms with E-state index in [1.807, 2.05) is 7.05 Å². The lowest BCUT2D eigenvalue weighted by Crippen LogP contribution is -3.00. The van der Waals surface area contributed by atoms with E-state index in [1.54, 1.807) is 25.2 Å². The van der Waals surface area contributed by atoms with Gasteiger partial charge in [-0.3, -0.25) is 4.79 Å². The van der Waals surface area contributed by atoms with Gasteiger partial charge in [0.1, 0.15) is 0 Å². The average molecular weight is 346 g/mol. The topological polar surface area (TPSA) is 57.7 Å². The van der Waals surface area contributed by atoms with Gasteiger partial charge in [0.2, 0.25) is 10.0 Å². The SMILES string of the molecule is CC(=O)c1cccc(S(=O)(=O)N(C)C2CCN(C)CC2)c1.[Cl-]. The van der Waals surface area contributed by atoms with Crippen LogP contribution in [0.4, 0.5) is 0 Å². The number of likely N-dealkylation sites (tertiary alicyclic amines) is 1. The number of carbonyl (C=O) groups is 1. The van der Waals surface area contributed by atoms with Crippen molar-refractivity contribution in [2.75, 3.05) is 27.2 Å². The number of benzene rings is 1. The molecule has 2 rings (SSSR count). The van der Waals surface area contributed by atoms with E-state index in [-0.39, 0.29) is 29.1 Å². The second-order valence-electron chi connectivity index (χ2n) is 5.64. The Hall–Kier alpha value is -0.950. The fourth-order valence-corrected chi connectivity index (χ4v) is 4.06. The minimum absolute atomic E-state index is 0. The lowest BCUT2D eigenvalue weighted by molar-refractivity contribution is -0.0000151. The molecule has 0 amide bonds. The predicted molar refractivity (Wildman–Crippen MR) is 81.9 cm³/mol. The number of hydrogen-bond donors (Lipinski definition) is 0. The smallest absolute Gasteiger partial charge is 0.243 e. The molecule has 0 aromatic heterocycles. The summed E-state index contributed by atoms with van der Waals surface area (Å²) >= 11 is 0. The molecule has 0 atom stereocenters. The van der Waals surface area contributed by atoms with Gasteiger partial charge in [0, 0.05) is 18.7 Å². The van der Waals surface area contributed by atoms with Crippen molar-refractivity contribution in [3.8, 4) is 0 Å². The fraction of sp³-hybridized carbons (Fsp3) is 0.533. The molecule has 1 aromatic carbocycles. The summed E-state index contributed by atoms with van der Waals surface area (Å²) in [5.74, 6) is -0.131. The summed E-state index contributed by atoms with van der Waals surface area (Å²) in [5.41, 5.74) is 0.424. The summed E-state index contributed by atoms with van der Waals surface area (Å²) in [7, 11) is 0.124. The van der Waals surface area contributed by atoms with Crippen LogP contribution in [0.5, 0.6) is 0 Å². The maximum absolute atomic E-state index is 12.7. The number of sulfonamides is 1. The number of halogens is 1. The first-order chi connectivity index (χ1) is 9.82. The lowest BCUT2D eigenvalue weighted by atomic mass is 10.1. The number of rotatable bonds is 4. The molecule has 1 aromatic rings. The average Bonchev–Trinajstić information content (AvgIpc) is 2.47. The van der Waals surface area contributed by atoms with Crippen LogP contribution in [-0.4, -0.2) is 56.6 Å². The molecule has 0 saturated carbocycles. The third-order valence-corrected chi connectivity index (χ3v) is 6.03. The van der Waals surface area contributed by atoms with Gasteiger partial charge in [-0.1, -0.05) is 12.1 Å². The normalized spacial score (nSPS) is 17.3. The second kappa shape index (κ2) is 7.55. The number of nitrogens with zero attached hydrogens (tertiary/aromatic N) is 2. The van der Waals surface area contributed by atoms with Crippen molar-refractivity contribution in [3.05, 3.63) is 29.8 Å². The number of ketones is 1. The Labute approximate surface area is 138 Å². The van der Waals surface area contributed by atoms with Gasteiger partial charge in [-0.25, -0.2) is 8.42 Å². The molecule has 1 aliphatic rings. The van der Waals surface area contributed by atoms with Crippen LogP contribution in [0.1, 0.15) is 30.1 Å². The van der Waals surface area contributed by atoms with Gasteiger partial charge in [0.25, 0.3) is 0 Å². The monoisotopic (exact) mass is 345 g/mol. The highest BCUT2D eigenvalue weighted by molar-refractivity contribution is 7.89. The quantitative estimate of drug-likeness (QED) is 0.630. The van der Waals surface area contributed by atoms with Crippen molar-refractivity contribution in [2.45, 2.75) is 30.7 Å². The van der Waals surface area contributed by atoms with E-state index in [9.17, 15) is 13.2 Å². The molecule has 1 heterocycles. The summed E-state index contributed by atoms with van der Waals surface area (Å²) in [4.78, 5) is 13.8. The Balaban J connectivity index is 0.00000242. The van der Waals surface area contributed by atoms with E-state index in [4.69, 9.17) is 0 Å². The number of hydrogen-bond acceptors (Lipinski definition) is 4. The van der Waals surface area contributed by atoms with Crippen molar-refractivity contribution < 1.29 is 25.6 Å². The molecule has 124 valence electrons. The predicted octanol–water partition coefficient (Wildman–Crippen LogP) is -1.39. The molecule has 7 heteroatoms. The fourth-order valence-electron chi connectivity index (χ4n) is 2.60. The van der Waals surface area contributed by atoms with Gasteiger partial charge < -0.3 is 17.3 Å². The summed E-state index contributed by atoms with van der Waals surface area (Å²) in [6.45, 7) is 3.24. The van der Waals surface area contributed by atoms with Gasteiger partial charge in [0.05, 0.1) is 4.90 Å².